The van der Waals surface area contributed by atoms with Gasteiger partial charge in [-0.3, -0.25) is 4.39 Å². The summed E-state index contributed by atoms with van der Waals surface area (Å²) in [6, 6.07) is 0. The average molecular weight is 216 g/mol. The van der Waals surface area contributed by atoms with Gasteiger partial charge in [-0.25, -0.2) is 0 Å². The maximum absolute atomic E-state index is 9.50. The van der Waals surface area contributed by atoms with Crippen LogP contribution >= 0.6 is 0 Å². The van der Waals surface area contributed by atoms with Crippen molar-refractivity contribution >= 4 is 0 Å². The summed E-state index contributed by atoms with van der Waals surface area (Å²) in [7, 11) is 0.500. The van der Waals surface area contributed by atoms with E-state index in [2.05, 4.69) is 19.7 Å². The average Bonchev–Trinajstić information content (AvgIpc) is 2.35. The summed E-state index contributed by atoms with van der Waals surface area (Å²) in [6.45, 7) is 20.2. The van der Waals surface area contributed by atoms with E-state index in [9.17, 15) is 4.39 Å². The Kier molecular flexibility index (Phi) is 234. The van der Waals surface area contributed by atoms with E-state index in [-0.39, 0.29) is 0 Å². The van der Waals surface area contributed by atoms with Crippen LogP contribution in [-0.4, -0.2) is 7.18 Å². The fourth-order valence-electron chi connectivity index (χ4n) is 0.157. The molecule has 0 aliphatic heterocycles. The molecule has 92 valence electrons. The zero-order valence-electron chi connectivity index (χ0n) is 11.4. The van der Waals surface area contributed by atoms with Gasteiger partial charge in [0.05, 0.1) is 7.18 Å². The zero-order valence-corrected chi connectivity index (χ0v) is 11.4. The van der Waals surface area contributed by atoms with Gasteiger partial charge in [0, 0.05) is 0 Å². The predicted molar refractivity (Wildman–Crippen MR) is 75.1 cm³/mol. The molecule has 0 radical (unpaired) electrons. The number of allylic oxidation sites excluding steroid dienone is 5. The quantitative estimate of drug-likeness (QED) is 0.407. The summed E-state index contributed by atoms with van der Waals surface area (Å²) in [5, 5.41) is 0. The molecule has 0 saturated carbocycles. The first-order chi connectivity index (χ1) is 7.33. The van der Waals surface area contributed by atoms with E-state index in [1.807, 2.05) is 46.8 Å². The number of halogens is 1. The Morgan fingerprint density at radius 1 is 0.733 bits per heavy atom. The van der Waals surface area contributed by atoms with Crippen LogP contribution in [0.25, 0.3) is 0 Å². The van der Waals surface area contributed by atoms with Gasteiger partial charge in [-0.05, 0) is 6.92 Å². The zero-order chi connectivity index (χ0) is 13.5. The lowest BCUT2D eigenvalue weighted by molar-refractivity contribution is 0.636. The van der Waals surface area contributed by atoms with Gasteiger partial charge in [-0.2, -0.15) is 0 Å². The topological polar surface area (TPSA) is 0 Å². The van der Waals surface area contributed by atoms with Crippen molar-refractivity contribution in [2.24, 2.45) is 0 Å². The summed E-state index contributed by atoms with van der Waals surface area (Å²) in [6.07, 6.45) is 8.82. The molecule has 0 aromatic rings. The predicted octanol–water partition coefficient (Wildman–Crippen LogP) is 5.75. The minimum Gasteiger partial charge on any atom is -0.255 e. The molecule has 0 nitrogen and oxygen atoms in total. The normalized spacial score (nSPS) is 5.53. The molecule has 0 aromatic heterocycles. The van der Waals surface area contributed by atoms with Crippen LogP contribution in [-0.2, 0) is 0 Å². The number of rotatable bonds is 2. The molecular weight excluding hydrogens is 187 g/mol. The Labute approximate surface area is 96.9 Å². The lowest BCUT2D eigenvalue weighted by Gasteiger charge is -1.60. The van der Waals surface area contributed by atoms with Gasteiger partial charge in [-0.1, -0.05) is 71.2 Å². The van der Waals surface area contributed by atoms with E-state index in [0.29, 0.717) is 7.18 Å². The fraction of sp³-hybridized carbons (Fsp3) is 0.429. The van der Waals surface area contributed by atoms with Crippen molar-refractivity contribution in [2.75, 3.05) is 7.18 Å². The van der Waals surface area contributed by atoms with Crippen LogP contribution in [0.3, 0.4) is 0 Å². The first-order valence-electron chi connectivity index (χ1n) is 5.18. The van der Waals surface area contributed by atoms with Crippen LogP contribution in [0.15, 0.2) is 50.1 Å². The standard InChI is InChI=1S/C6H8.C3H6.2C2H6.CH3F/c1-3-5-6-4-2;1-3-2;3*1-2/h3-6H,1-2H2;3H,1H2,2H3;2*1-2H3;1H3/b6-5-;;;;. The molecule has 0 heterocycles. The van der Waals surface area contributed by atoms with Gasteiger partial charge < -0.3 is 0 Å². The Morgan fingerprint density at radius 3 is 0.933 bits per heavy atom. The van der Waals surface area contributed by atoms with Gasteiger partial charge in [0.1, 0.15) is 0 Å². The smallest absolute Gasteiger partial charge is 0.0785 e. The second-order valence-corrected chi connectivity index (χ2v) is 1.26. The first kappa shape index (κ1) is 29.2. The highest BCUT2D eigenvalue weighted by atomic mass is 19.1. The summed E-state index contributed by atoms with van der Waals surface area (Å²) in [4.78, 5) is 0. The van der Waals surface area contributed by atoms with Crippen LogP contribution in [0.4, 0.5) is 4.39 Å². The van der Waals surface area contributed by atoms with Gasteiger partial charge >= 0.3 is 0 Å². The molecule has 0 spiro atoms. The minimum absolute atomic E-state index is 0.500. The molecule has 15 heavy (non-hydrogen) atoms. The summed E-state index contributed by atoms with van der Waals surface area (Å²) >= 11 is 0. The van der Waals surface area contributed by atoms with Crippen molar-refractivity contribution in [3.05, 3.63) is 50.1 Å². The highest BCUT2D eigenvalue weighted by Gasteiger charge is 1.47. The molecule has 0 N–H and O–H groups in total. The van der Waals surface area contributed by atoms with Crippen LogP contribution in [0.5, 0.6) is 0 Å². The second-order valence-electron chi connectivity index (χ2n) is 1.26. The number of hydrogen-bond acceptors (Lipinski definition) is 0. The molecular formula is C14H29F. The highest BCUT2D eigenvalue weighted by molar-refractivity contribution is 5.05. The maximum Gasteiger partial charge on any atom is 0.0785 e. The van der Waals surface area contributed by atoms with E-state index >= 15 is 0 Å². The second kappa shape index (κ2) is 120. The molecule has 0 amide bonds. The lowest BCUT2D eigenvalue weighted by atomic mass is 10.5. The van der Waals surface area contributed by atoms with Crippen molar-refractivity contribution < 1.29 is 4.39 Å². The molecule has 1 heteroatoms. The summed E-state index contributed by atoms with van der Waals surface area (Å²) in [5.74, 6) is 0. The Morgan fingerprint density at radius 2 is 0.867 bits per heavy atom. The summed E-state index contributed by atoms with van der Waals surface area (Å²) in [5.41, 5.74) is 0. The fourth-order valence-corrected chi connectivity index (χ4v) is 0.157. The SMILES string of the molecule is C=C/C=C\C=C.C=CC.CC.CC.CF. The third kappa shape index (κ3) is 428. The largest absolute Gasteiger partial charge is 0.255 e. The van der Waals surface area contributed by atoms with E-state index in [1.165, 1.54) is 0 Å². The van der Waals surface area contributed by atoms with Gasteiger partial charge in [0.15, 0.2) is 0 Å². The van der Waals surface area contributed by atoms with Crippen molar-refractivity contribution in [1.82, 2.24) is 0 Å². The summed E-state index contributed by atoms with van der Waals surface area (Å²) < 4.78 is 9.50. The maximum atomic E-state index is 9.50. The van der Waals surface area contributed by atoms with E-state index in [1.54, 1.807) is 18.2 Å². The third-order valence-electron chi connectivity index (χ3n) is 0.383. The Balaban J connectivity index is -0.0000000318. The first-order valence-corrected chi connectivity index (χ1v) is 5.18. The van der Waals surface area contributed by atoms with E-state index < -0.39 is 0 Å². The van der Waals surface area contributed by atoms with Crippen molar-refractivity contribution in [3.63, 3.8) is 0 Å². The number of alkyl halides is 1. The lowest BCUT2D eigenvalue weighted by Crippen LogP contribution is -1.38. The van der Waals surface area contributed by atoms with Crippen LogP contribution < -0.4 is 0 Å². The Bertz CT molecular complexity index is 91.9. The molecule has 0 aliphatic rings. The van der Waals surface area contributed by atoms with Gasteiger partial charge in [-0.15, -0.1) is 6.58 Å². The van der Waals surface area contributed by atoms with Crippen LogP contribution in [0.2, 0.25) is 0 Å². The highest BCUT2D eigenvalue weighted by Crippen LogP contribution is 1.69. The molecule has 0 bridgehead atoms. The van der Waals surface area contributed by atoms with Gasteiger partial charge in [0.2, 0.25) is 0 Å². The van der Waals surface area contributed by atoms with E-state index in [0.717, 1.165) is 0 Å². The third-order valence-corrected chi connectivity index (χ3v) is 0.383. The molecule has 0 aliphatic carbocycles. The van der Waals surface area contributed by atoms with Crippen molar-refractivity contribution in [3.8, 4) is 0 Å². The molecule has 0 rings (SSSR count). The molecule has 0 saturated heterocycles. The molecule has 0 unspecified atom stereocenters. The monoisotopic (exact) mass is 216 g/mol. The number of hydrogen-bond donors (Lipinski definition) is 0. The van der Waals surface area contributed by atoms with Crippen LogP contribution in [0, 0.1) is 0 Å². The molecule has 0 atom stereocenters. The van der Waals surface area contributed by atoms with Crippen LogP contribution in [0.1, 0.15) is 34.6 Å². The van der Waals surface area contributed by atoms with Gasteiger partial charge in [0.25, 0.3) is 0 Å². The Hall–Kier alpha value is -1.11. The van der Waals surface area contributed by atoms with Crippen molar-refractivity contribution in [1.29, 1.82) is 0 Å². The van der Waals surface area contributed by atoms with E-state index in [4.69, 9.17) is 0 Å². The van der Waals surface area contributed by atoms with Crippen molar-refractivity contribution in [2.45, 2.75) is 34.6 Å². The molecule has 0 fully saturated rings. The minimum atomic E-state index is 0.500. The molecule has 0 aromatic carbocycles.